The van der Waals surface area contributed by atoms with E-state index in [9.17, 15) is 13.2 Å². The first-order chi connectivity index (χ1) is 9.46. The van der Waals surface area contributed by atoms with Crippen molar-refractivity contribution in [2.45, 2.75) is 50.0 Å². The van der Waals surface area contributed by atoms with Crippen molar-refractivity contribution in [1.29, 1.82) is 0 Å². The van der Waals surface area contributed by atoms with Gasteiger partial charge in [-0.1, -0.05) is 31.9 Å². The summed E-state index contributed by atoms with van der Waals surface area (Å²) in [5.74, 6) is -0.0365. The molecule has 1 aliphatic carbocycles. The fourth-order valence-corrected chi connectivity index (χ4v) is 4.13. The van der Waals surface area contributed by atoms with Crippen LogP contribution in [0.4, 0.5) is 0 Å². The summed E-state index contributed by atoms with van der Waals surface area (Å²) in [5, 5.41) is 0. The smallest absolute Gasteiger partial charge is 0.243 e. The third kappa shape index (κ3) is 2.94. The quantitative estimate of drug-likeness (QED) is 0.785. The Labute approximate surface area is 120 Å². The lowest BCUT2D eigenvalue weighted by Crippen LogP contribution is -2.35. The Bertz CT molecular complexity index is 589. The SMILES string of the molecule is CCC(=O)c1cccc(S(=O)(=O)N(C)C2CCCC2)c1. The molecule has 1 aliphatic rings. The van der Waals surface area contributed by atoms with Crippen LogP contribution in [0.25, 0.3) is 0 Å². The second-order valence-electron chi connectivity index (χ2n) is 5.26. The molecule has 1 saturated carbocycles. The number of carbonyl (C=O) groups excluding carboxylic acids is 1. The van der Waals surface area contributed by atoms with Crippen molar-refractivity contribution in [1.82, 2.24) is 4.31 Å². The third-order valence-corrected chi connectivity index (χ3v) is 5.90. The summed E-state index contributed by atoms with van der Waals surface area (Å²) in [4.78, 5) is 11.9. The summed E-state index contributed by atoms with van der Waals surface area (Å²) in [7, 11) is -1.87. The molecule has 5 heteroatoms. The average Bonchev–Trinajstić information content (AvgIpc) is 2.99. The lowest BCUT2D eigenvalue weighted by molar-refractivity contribution is 0.0988. The van der Waals surface area contributed by atoms with E-state index in [1.54, 1.807) is 32.2 Å². The van der Waals surface area contributed by atoms with E-state index in [1.165, 1.54) is 10.4 Å². The zero-order valence-electron chi connectivity index (χ0n) is 12.0. The minimum Gasteiger partial charge on any atom is -0.294 e. The van der Waals surface area contributed by atoms with Gasteiger partial charge in [0.25, 0.3) is 0 Å². The van der Waals surface area contributed by atoms with E-state index in [4.69, 9.17) is 0 Å². The molecule has 1 aromatic rings. The molecule has 0 spiro atoms. The maximum absolute atomic E-state index is 12.6. The maximum atomic E-state index is 12.6. The highest BCUT2D eigenvalue weighted by atomic mass is 32.2. The van der Waals surface area contributed by atoms with Crippen LogP contribution in [0, 0.1) is 0 Å². The number of benzene rings is 1. The monoisotopic (exact) mass is 295 g/mol. The number of rotatable bonds is 5. The first-order valence-corrected chi connectivity index (χ1v) is 8.52. The molecule has 110 valence electrons. The number of nitrogens with zero attached hydrogens (tertiary/aromatic N) is 1. The molecule has 1 fully saturated rings. The molecule has 0 radical (unpaired) electrons. The van der Waals surface area contributed by atoms with Gasteiger partial charge in [0.1, 0.15) is 0 Å². The average molecular weight is 295 g/mol. The Hall–Kier alpha value is -1.20. The Balaban J connectivity index is 2.31. The molecule has 0 atom stereocenters. The molecule has 0 bridgehead atoms. The molecule has 0 N–H and O–H groups in total. The number of carbonyl (C=O) groups is 1. The van der Waals surface area contributed by atoms with Crippen LogP contribution in [-0.2, 0) is 10.0 Å². The van der Waals surface area contributed by atoms with Crippen molar-refractivity contribution in [3.63, 3.8) is 0 Å². The van der Waals surface area contributed by atoms with Crippen molar-refractivity contribution in [3.05, 3.63) is 29.8 Å². The Morgan fingerprint density at radius 1 is 1.30 bits per heavy atom. The normalized spacial score (nSPS) is 16.8. The standard InChI is InChI=1S/C15H21NO3S/c1-3-15(17)12-7-6-10-14(11-12)20(18,19)16(2)13-8-4-5-9-13/h6-7,10-11,13H,3-5,8-9H2,1-2H3. The van der Waals surface area contributed by atoms with Gasteiger partial charge in [-0.25, -0.2) is 8.42 Å². The molecule has 0 aliphatic heterocycles. The van der Waals surface area contributed by atoms with Gasteiger partial charge in [0.15, 0.2) is 5.78 Å². The van der Waals surface area contributed by atoms with Gasteiger partial charge in [0, 0.05) is 25.1 Å². The van der Waals surface area contributed by atoms with E-state index in [0.717, 1.165) is 25.7 Å². The minimum atomic E-state index is -3.51. The predicted molar refractivity (Wildman–Crippen MR) is 78.3 cm³/mol. The fraction of sp³-hybridized carbons (Fsp3) is 0.533. The molecule has 0 unspecified atom stereocenters. The Morgan fingerprint density at radius 3 is 2.55 bits per heavy atom. The zero-order chi connectivity index (χ0) is 14.8. The number of sulfonamides is 1. The summed E-state index contributed by atoms with van der Waals surface area (Å²) in [5.41, 5.74) is 0.466. The van der Waals surface area contributed by atoms with Crippen LogP contribution in [0.5, 0.6) is 0 Å². The molecule has 20 heavy (non-hydrogen) atoms. The van der Waals surface area contributed by atoms with Crippen molar-refractivity contribution in [3.8, 4) is 0 Å². The van der Waals surface area contributed by atoms with Crippen LogP contribution < -0.4 is 0 Å². The molecule has 0 heterocycles. The fourth-order valence-electron chi connectivity index (χ4n) is 2.66. The van der Waals surface area contributed by atoms with Crippen molar-refractivity contribution in [2.24, 2.45) is 0 Å². The highest BCUT2D eigenvalue weighted by Crippen LogP contribution is 2.27. The second kappa shape index (κ2) is 6.06. The van der Waals surface area contributed by atoms with Gasteiger partial charge in [-0.2, -0.15) is 4.31 Å². The summed E-state index contributed by atoms with van der Waals surface area (Å²) in [6.07, 6.45) is 4.38. The van der Waals surface area contributed by atoms with Gasteiger partial charge in [-0.3, -0.25) is 4.79 Å². The van der Waals surface area contributed by atoms with Gasteiger partial charge < -0.3 is 0 Å². The first-order valence-electron chi connectivity index (χ1n) is 7.08. The highest BCUT2D eigenvalue weighted by Gasteiger charge is 2.30. The first kappa shape index (κ1) is 15.2. The minimum absolute atomic E-state index is 0.0365. The van der Waals surface area contributed by atoms with Crippen LogP contribution in [0.2, 0.25) is 0 Å². The number of ketones is 1. The molecule has 0 saturated heterocycles. The summed E-state index contributed by atoms with van der Waals surface area (Å²) in [6, 6.07) is 6.45. The van der Waals surface area contributed by atoms with Crippen LogP contribution >= 0.6 is 0 Å². The Kier molecular flexibility index (Phi) is 4.60. The lowest BCUT2D eigenvalue weighted by atomic mass is 10.1. The number of Topliss-reactive ketones (excluding diaryl/α,β-unsaturated/α-hetero) is 1. The molecular formula is C15H21NO3S. The van der Waals surface area contributed by atoms with Gasteiger partial charge in [-0.05, 0) is 25.0 Å². The molecule has 0 aromatic heterocycles. The van der Waals surface area contributed by atoms with E-state index in [1.807, 2.05) is 0 Å². The van der Waals surface area contributed by atoms with Gasteiger partial charge in [-0.15, -0.1) is 0 Å². The summed E-state index contributed by atoms with van der Waals surface area (Å²) in [6.45, 7) is 1.77. The van der Waals surface area contributed by atoms with Crippen LogP contribution in [-0.4, -0.2) is 31.6 Å². The van der Waals surface area contributed by atoms with E-state index in [2.05, 4.69) is 0 Å². The predicted octanol–water partition coefficient (Wildman–Crippen LogP) is 2.84. The van der Waals surface area contributed by atoms with E-state index >= 15 is 0 Å². The van der Waals surface area contributed by atoms with Gasteiger partial charge >= 0.3 is 0 Å². The number of hydrogen-bond donors (Lipinski definition) is 0. The molecular weight excluding hydrogens is 274 g/mol. The zero-order valence-corrected chi connectivity index (χ0v) is 12.8. The van der Waals surface area contributed by atoms with E-state index < -0.39 is 10.0 Å². The van der Waals surface area contributed by atoms with Gasteiger partial charge in [0.2, 0.25) is 10.0 Å². The van der Waals surface area contributed by atoms with Crippen LogP contribution in [0.1, 0.15) is 49.4 Å². The van der Waals surface area contributed by atoms with E-state index in [-0.39, 0.29) is 16.7 Å². The maximum Gasteiger partial charge on any atom is 0.243 e. The second-order valence-corrected chi connectivity index (χ2v) is 7.26. The van der Waals surface area contributed by atoms with Crippen molar-refractivity contribution >= 4 is 15.8 Å². The third-order valence-electron chi connectivity index (χ3n) is 3.99. The van der Waals surface area contributed by atoms with Crippen molar-refractivity contribution in [2.75, 3.05) is 7.05 Å². The molecule has 4 nitrogen and oxygen atoms in total. The van der Waals surface area contributed by atoms with Crippen LogP contribution in [0.3, 0.4) is 0 Å². The molecule has 2 rings (SSSR count). The summed E-state index contributed by atoms with van der Waals surface area (Å²) < 4.78 is 26.7. The molecule has 1 aromatic carbocycles. The van der Waals surface area contributed by atoms with Crippen molar-refractivity contribution < 1.29 is 13.2 Å². The highest BCUT2D eigenvalue weighted by molar-refractivity contribution is 7.89. The lowest BCUT2D eigenvalue weighted by Gasteiger charge is -2.23. The van der Waals surface area contributed by atoms with Crippen LogP contribution in [0.15, 0.2) is 29.2 Å². The number of hydrogen-bond acceptors (Lipinski definition) is 3. The Morgan fingerprint density at radius 2 is 1.95 bits per heavy atom. The summed E-state index contributed by atoms with van der Waals surface area (Å²) >= 11 is 0. The largest absolute Gasteiger partial charge is 0.294 e. The van der Waals surface area contributed by atoms with Gasteiger partial charge in [0.05, 0.1) is 4.90 Å². The molecule has 0 amide bonds. The topological polar surface area (TPSA) is 54.5 Å². The van der Waals surface area contributed by atoms with E-state index in [0.29, 0.717) is 12.0 Å².